The molecule has 1 saturated carbocycles. The molecular weight excluding hydrogens is 218 g/mol. The third-order valence-electron chi connectivity index (χ3n) is 3.66. The van der Waals surface area contributed by atoms with Crippen molar-refractivity contribution in [2.24, 2.45) is 0 Å². The lowest BCUT2D eigenvalue weighted by molar-refractivity contribution is 0.333. The summed E-state index contributed by atoms with van der Waals surface area (Å²) in [5.74, 6) is 0. The molecule has 0 radical (unpaired) electrons. The van der Waals surface area contributed by atoms with Gasteiger partial charge < -0.3 is 4.98 Å². The van der Waals surface area contributed by atoms with Crippen molar-refractivity contribution in [3.05, 3.63) is 23.1 Å². The highest BCUT2D eigenvalue weighted by molar-refractivity contribution is 7.71. The molecule has 0 amide bonds. The van der Waals surface area contributed by atoms with Crippen molar-refractivity contribution in [1.82, 2.24) is 14.5 Å². The first-order chi connectivity index (χ1) is 7.71. The van der Waals surface area contributed by atoms with Crippen molar-refractivity contribution < 1.29 is 0 Å². The molecule has 1 N–H and O–H groups in total. The number of fused-ring (bicyclic) bond motifs is 1. The summed E-state index contributed by atoms with van der Waals surface area (Å²) in [6.45, 7) is 2.29. The van der Waals surface area contributed by atoms with Crippen LogP contribution in [0.4, 0.5) is 0 Å². The highest BCUT2D eigenvalue weighted by Gasteiger charge is 2.32. The molecule has 1 aliphatic rings. The zero-order chi connectivity index (χ0) is 11.2. The van der Waals surface area contributed by atoms with E-state index in [1.54, 1.807) is 0 Å². The van der Waals surface area contributed by atoms with Crippen molar-refractivity contribution in [3.63, 3.8) is 0 Å². The van der Waals surface area contributed by atoms with Crippen LogP contribution in [0, 0.1) is 4.77 Å². The maximum absolute atomic E-state index is 5.43. The Bertz CT molecular complexity index is 575. The minimum Gasteiger partial charge on any atom is -0.329 e. The van der Waals surface area contributed by atoms with Crippen LogP contribution in [0.2, 0.25) is 0 Å². The Morgan fingerprint density at radius 3 is 2.94 bits per heavy atom. The summed E-state index contributed by atoms with van der Waals surface area (Å²) in [7, 11) is 0. The number of aromatic amines is 1. The molecule has 4 heteroatoms. The summed E-state index contributed by atoms with van der Waals surface area (Å²) in [4.78, 5) is 7.70. The quantitative estimate of drug-likeness (QED) is 0.766. The summed E-state index contributed by atoms with van der Waals surface area (Å²) in [6, 6.07) is 3.97. The monoisotopic (exact) mass is 233 g/mol. The van der Waals surface area contributed by atoms with Gasteiger partial charge in [0.25, 0.3) is 0 Å². The number of nitrogens with zero attached hydrogens (tertiary/aromatic N) is 2. The molecule has 3 nitrogen and oxygen atoms in total. The normalized spacial score (nSPS) is 19.3. The Morgan fingerprint density at radius 1 is 1.44 bits per heavy atom. The number of imidazole rings is 1. The van der Waals surface area contributed by atoms with Crippen LogP contribution in [0.15, 0.2) is 18.3 Å². The van der Waals surface area contributed by atoms with Gasteiger partial charge in [-0.2, -0.15) is 0 Å². The zero-order valence-corrected chi connectivity index (χ0v) is 10.2. The molecule has 2 heterocycles. The Labute approximate surface area is 99.5 Å². The number of nitrogens with one attached hydrogen (secondary N) is 1. The van der Waals surface area contributed by atoms with E-state index >= 15 is 0 Å². The maximum atomic E-state index is 5.43. The maximum Gasteiger partial charge on any atom is 0.179 e. The van der Waals surface area contributed by atoms with Gasteiger partial charge in [0.15, 0.2) is 10.4 Å². The van der Waals surface area contributed by atoms with E-state index in [0.29, 0.717) is 0 Å². The molecule has 2 aromatic heterocycles. The molecule has 0 saturated heterocycles. The molecule has 84 valence electrons. The Morgan fingerprint density at radius 2 is 2.19 bits per heavy atom. The van der Waals surface area contributed by atoms with Gasteiger partial charge in [-0.05, 0) is 44.1 Å². The molecule has 0 atom stereocenters. The predicted octanol–water partition coefficient (Wildman–Crippen LogP) is 3.38. The van der Waals surface area contributed by atoms with Gasteiger partial charge in [-0.3, -0.25) is 4.57 Å². The Hall–Kier alpha value is -1.16. The molecule has 0 aromatic carbocycles. The highest BCUT2D eigenvalue weighted by atomic mass is 32.1. The van der Waals surface area contributed by atoms with Crippen molar-refractivity contribution in [3.8, 4) is 0 Å². The van der Waals surface area contributed by atoms with Crippen molar-refractivity contribution in [1.29, 1.82) is 0 Å². The summed E-state index contributed by atoms with van der Waals surface area (Å²) in [5.41, 5.74) is 2.20. The smallest absolute Gasteiger partial charge is 0.179 e. The highest BCUT2D eigenvalue weighted by Crippen LogP contribution is 2.37. The third kappa shape index (κ3) is 1.33. The lowest BCUT2D eigenvalue weighted by Gasteiger charge is -2.25. The van der Waals surface area contributed by atoms with E-state index in [-0.39, 0.29) is 5.54 Å². The van der Waals surface area contributed by atoms with Crippen LogP contribution in [-0.2, 0) is 5.54 Å². The van der Waals surface area contributed by atoms with Gasteiger partial charge in [0, 0.05) is 11.7 Å². The average Bonchev–Trinajstić information content (AvgIpc) is 2.81. The molecule has 0 aliphatic heterocycles. The minimum absolute atomic E-state index is 0.156. The molecule has 16 heavy (non-hydrogen) atoms. The number of H-pyrrole nitrogens is 1. The Balaban J connectivity index is 2.30. The largest absolute Gasteiger partial charge is 0.329 e. The molecule has 1 aliphatic carbocycles. The molecule has 0 spiro atoms. The average molecular weight is 233 g/mol. The van der Waals surface area contributed by atoms with Gasteiger partial charge in [-0.25, -0.2) is 4.98 Å². The first-order valence-corrected chi connectivity index (χ1v) is 6.18. The van der Waals surface area contributed by atoms with Gasteiger partial charge in [-0.15, -0.1) is 0 Å². The third-order valence-corrected chi connectivity index (χ3v) is 3.95. The number of pyridine rings is 1. The number of aromatic nitrogens is 3. The summed E-state index contributed by atoms with van der Waals surface area (Å²) in [5, 5.41) is 0. The van der Waals surface area contributed by atoms with Crippen LogP contribution < -0.4 is 0 Å². The topological polar surface area (TPSA) is 33.6 Å². The fourth-order valence-corrected chi connectivity index (χ4v) is 3.22. The van der Waals surface area contributed by atoms with Crippen LogP contribution in [0.25, 0.3) is 11.2 Å². The van der Waals surface area contributed by atoms with Crippen molar-refractivity contribution >= 4 is 23.4 Å². The lowest BCUT2D eigenvalue weighted by atomic mass is 10.0. The van der Waals surface area contributed by atoms with E-state index in [1.165, 1.54) is 25.7 Å². The van der Waals surface area contributed by atoms with Gasteiger partial charge in [-0.1, -0.05) is 12.8 Å². The van der Waals surface area contributed by atoms with E-state index in [9.17, 15) is 0 Å². The van der Waals surface area contributed by atoms with Gasteiger partial charge >= 0.3 is 0 Å². The SMILES string of the molecule is CC1(n2c(=S)[nH]c3cccnc32)CCCC1. The number of hydrogen-bond donors (Lipinski definition) is 1. The van der Waals surface area contributed by atoms with Crippen LogP contribution in [-0.4, -0.2) is 14.5 Å². The fourth-order valence-electron chi connectivity index (χ4n) is 2.80. The predicted molar refractivity (Wildman–Crippen MR) is 67.0 cm³/mol. The summed E-state index contributed by atoms with van der Waals surface area (Å²) >= 11 is 5.43. The van der Waals surface area contributed by atoms with Gasteiger partial charge in [0.05, 0.1) is 5.52 Å². The second-order valence-corrected chi connectivity index (χ2v) is 5.23. The van der Waals surface area contributed by atoms with Gasteiger partial charge in [0.2, 0.25) is 0 Å². The molecule has 0 bridgehead atoms. The van der Waals surface area contributed by atoms with E-state index in [2.05, 4.69) is 21.5 Å². The second-order valence-electron chi connectivity index (χ2n) is 4.84. The van der Waals surface area contributed by atoms with E-state index in [4.69, 9.17) is 12.2 Å². The van der Waals surface area contributed by atoms with Crippen LogP contribution in [0.5, 0.6) is 0 Å². The van der Waals surface area contributed by atoms with Gasteiger partial charge in [0.1, 0.15) is 0 Å². The first kappa shape index (κ1) is 10.0. The summed E-state index contributed by atoms with van der Waals surface area (Å²) in [6.07, 6.45) is 6.81. The van der Waals surface area contributed by atoms with Crippen LogP contribution >= 0.6 is 12.2 Å². The van der Waals surface area contributed by atoms with E-state index in [1.807, 2.05) is 18.3 Å². The summed E-state index contributed by atoms with van der Waals surface area (Å²) < 4.78 is 3.02. The molecule has 1 fully saturated rings. The second kappa shape index (κ2) is 3.42. The minimum atomic E-state index is 0.156. The Kier molecular flexibility index (Phi) is 2.14. The van der Waals surface area contributed by atoms with Crippen LogP contribution in [0.1, 0.15) is 32.6 Å². The number of hydrogen-bond acceptors (Lipinski definition) is 2. The van der Waals surface area contributed by atoms with Crippen LogP contribution in [0.3, 0.4) is 0 Å². The van der Waals surface area contributed by atoms with E-state index < -0.39 is 0 Å². The standard InChI is InChI=1S/C12H15N3S/c1-12(6-2-3-7-12)15-10-9(14-11(15)16)5-4-8-13-10/h4-5,8H,2-3,6-7H2,1H3,(H,14,16). The first-order valence-electron chi connectivity index (χ1n) is 5.77. The molecule has 2 aromatic rings. The zero-order valence-electron chi connectivity index (χ0n) is 9.36. The van der Waals surface area contributed by atoms with Crippen molar-refractivity contribution in [2.75, 3.05) is 0 Å². The molecular formula is C12H15N3S. The molecule has 3 rings (SSSR count). The lowest BCUT2D eigenvalue weighted by Crippen LogP contribution is -2.26. The van der Waals surface area contributed by atoms with E-state index in [0.717, 1.165) is 15.9 Å². The van der Waals surface area contributed by atoms with Crippen molar-refractivity contribution in [2.45, 2.75) is 38.1 Å². The fraction of sp³-hybridized carbons (Fsp3) is 0.500. The molecule has 0 unspecified atom stereocenters. The number of rotatable bonds is 1.